The fourth-order valence-electron chi connectivity index (χ4n) is 3.08. The molecule has 0 spiro atoms. The monoisotopic (exact) mass is 381 g/mol. The number of carbonyl (C=O) groups excluding carboxylic acids is 3. The molecule has 0 saturated carbocycles. The third kappa shape index (κ3) is 4.55. The van der Waals surface area contributed by atoms with E-state index in [1.807, 2.05) is 6.07 Å². The SMILES string of the molecule is COCCNC(=O)c1ccccc1NC(=O)c1cccc(N2CCCC2=O)c1. The molecule has 0 aliphatic carbocycles. The number of hydrogen-bond donors (Lipinski definition) is 2. The minimum absolute atomic E-state index is 0.0654. The van der Waals surface area contributed by atoms with Crippen LogP contribution in [0, 0.1) is 0 Å². The largest absolute Gasteiger partial charge is 0.383 e. The highest BCUT2D eigenvalue weighted by molar-refractivity contribution is 6.09. The molecule has 1 saturated heterocycles. The first kappa shape index (κ1) is 19.6. The summed E-state index contributed by atoms with van der Waals surface area (Å²) in [6, 6.07) is 13.8. The van der Waals surface area contributed by atoms with Crippen LogP contribution in [0.15, 0.2) is 48.5 Å². The van der Waals surface area contributed by atoms with Gasteiger partial charge in [0.1, 0.15) is 0 Å². The fraction of sp³-hybridized carbons (Fsp3) is 0.286. The van der Waals surface area contributed by atoms with Gasteiger partial charge in [-0.25, -0.2) is 0 Å². The lowest BCUT2D eigenvalue weighted by atomic mass is 10.1. The highest BCUT2D eigenvalue weighted by atomic mass is 16.5. The van der Waals surface area contributed by atoms with Crippen LogP contribution < -0.4 is 15.5 Å². The second-order valence-electron chi connectivity index (χ2n) is 6.45. The van der Waals surface area contributed by atoms with Gasteiger partial charge in [0.25, 0.3) is 11.8 Å². The molecule has 0 bridgehead atoms. The summed E-state index contributed by atoms with van der Waals surface area (Å²) in [4.78, 5) is 38.7. The summed E-state index contributed by atoms with van der Waals surface area (Å²) in [5.41, 5.74) is 1.93. The van der Waals surface area contributed by atoms with E-state index in [1.165, 1.54) is 0 Å². The summed E-state index contributed by atoms with van der Waals surface area (Å²) < 4.78 is 4.93. The molecule has 0 radical (unpaired) electrons. The van der Waals surface area contributed by atoms with Crippen LogP contribution in [0.2, 0.25) is 0 Å². The topological polar surface area (TPSA) is 87.7 Å². The molecule has 7 nitrogen and oxygen atoms in total. The summed E-state index contributed by atoms with van der Waals surface area (Å²) in [6.45, 7) is 1.44. The van der Waals surface area contributed by atoms with Crippen molar-refractivity contribution in [3.05, 3.63) is 59.7 Å². The van der Waals surface area contributed by atoms with Gasteiger partial charge < -0.3 is 20.3 Å². The van der Waals surface area contributed by atoms with E-state index in [2.05, 4.69) is 10.6 Å². The van der Waals surface area contributed by atoms with Gasteiger partial charge >= 0.3 is 0 Å². The normalized spacial score (nSPS) is 13.5. The van der Waals surface area contributed by atoms with Crippen molar-refractivity contribution in [2.24, 2.45) is 0 Å². The molecular formula is C21H23N3O4. The van der Waals surface area contributed by atoms with Crippen LogP contribution in [0.25, 0.3) is 0 Å². The van der Waals surface area contributed by atoms with Gasteiger partial charge in [0, 0.05) is 37.9 Å². The summed E-state index contributed by atoms with van der Waals surface area (Å²) in [7, 11) is 1.56. The van der Waals surface area contributed by atoms with Crippen molar-refractivity contribution in [3.8, 4) is 0 Å². The minimum Gasteiger partial charge on any atom is -0.383 e. The Labute approximate surface area is 163 Å². The third-order valence-corrected chi connectivity index (χ3v) is 4.51. The Balaban J connectivity index is 1.75. The van der Waals surface area contributed by atoms with Crippen molar-refractivity contribution in [2.45, 2.75) is 12.8 Å². The number of rotatable bonds is 7. The van der Waals surface area contributed by atoms with Gasteiger partial charge in [-0.1, -0.05) is 18.2 Å². The molecule has 1 fully saturated rings. The Hall–Kier alpha value is -3.19. The number of methoxy groups -OCH3 is 1. The summed E-state index contributed by atoms with van der Waals surface area (Å²) in [5.74, 6) is -0.564. The maximum absolute atomic E-state index is 12.7. The molecule has 1 aliphatic heterocycles. The van der Waals surface area contributed by atoms with Crippen LogP contribution in [0.3, 0.4) is 0 Å². The quantitative estimate of drug-likeness (QED) is 0.721. The maximum Gasteiger partial charge on any atom is 0.255 e. The zero-order valence-electron chi connectivity index (χ0n) is 15.7. The summed E-state index contributed by atoms with van der Waals surface area (Å²) in [6.07, 6.45) is 1.35. The molecular weight excluding hydrogens is 358 g/mol. The van der Waals surface area contributed by atoms with Crippen LogP contribution in [0.4, 0.5) is 11.4 Å². The fourth-order valence-corrected chi connectivity index (χ4v) is 3.08. The van der Waals surface area contributed by atoms with Crippen LogP contribution in [0.1, 0.15) is 33.6 Å². The molecule has 0 unspecified atom stereocenters. The lowest BCUT2D eigenvalue weighted by Crippen LogP contribution is -2.28. The van der Waals surface area contributed by atoms with E-state index in [4.69, 9.17) is 4.74 Å². The lowest BCUT2D eigenvalue weighted by Gasteiger charge is -2.17. The zero-order chi connectivity index (χ0) is 19.9. The molecule has 3 amide bonds. The number of anilines is 2. The van der Waals surface area contributed by atoms with E-state index < -0.39 is 0 Å². The molecule has 28 heavy (non-hydrogen) atoms. The Morgan fingerprint density at radius 3 is 2.68 bits per heavy atom. The van der Waals surface area contributed by atoms with E-state index in [0.29, 0.717) is 48.6 Å². The smallest absolute Gasteiger partial charge is 0.255 e. The summed E-state index contributed by atoms with van der Waals surface area (Å²) >= 11 is 0. The molecule has 2 aromatic rings. The average molecular weight is 381 g/mol. The molecule has 7 heteroatoms. The van der Waals surface area contributed by atoms with Crippen LogP contribution in [0.5, 0.6) is 0 Å². The average Bonchev–Trinajstić information content (AvgIpc) is 3.14. The highest BCUT2D eigenvalue weighted by Gasteiger charge is 2.22. The molecule has 2 aromatic carbocycles. The number of nitrogens with one attached hydrogen (secondary N) is 2. The molecule has 1 heterocycles. The van der Waals surface area contributed by atoms with E-state index in [0.717, 1.165) is 6.42 Å². The van der Waals surface area contributed by atoms with E-state index >= 15 is 0 Å². The van der Waals surface area contributed by atoms with E-state index in [9.17, 15) is 14.4 Å². The van der Waals surface area contributed by atoms with Crippen molar-refractivity contribution >= 4 is 29.1 Å². The summed E-state index contributed by atoms with van der Waals surface area (Å²) in [5, 5.41) is 5.54. The second kappa shape index (κ2) is 9.14. The molecule has 1 aliphatic rings. The number of nitrogens with zero attached hydrogens (tertiary/aromatic N) is 1. The molecule has 2 N–H and O–H groups in total. The maximum atomic E-state index is 12.7. The predicted molar refractivity (Wildman–Crippen MR) is 107 cm³/mol. The zero-order valence-corrected chi connectivity index (χ0v) is 15.7. The minimum atomic E-state index is -0.342. The van der Waals surface area contributed by atoms with Gasteiger partial charge in [-0.15, -0.1) is 0 Å². The first-order chi connectivity index (χ1) is 13.6. The Kier molecular flexibility index (Phi) is 6.39. The molecule has 146 valence electrons. The first-order valence-electron chi connectivity index (χ1n) is 9.18. The van der Waals surface area contributed by atoms with Crippen LogP contribution in [-0.2, 0) is 9.53 Å². The number of ether oxygens (including phenoxy) is 1. The lowest BCUT2D eigenvalue weighted by molar-refractivity contribution is -0.117. The van der Waals surface area contributed by atoms with Crippen LogP contribution >= 0.6 is 0 Å². The number of hydrogen-bond acceptors (Lipinski definition) is 4. The van der Waals surface area contributed by atoms with Crippen molar-refractivity contribution in [1.82, 2.24) is 5.32 Å². The van der Waals surface area contributed by atoms with Crippen molar-refractivity contribution in [3.63, 3.8) is 0 Å². The number of amides is 3. The number of para-hydroxylation sites is 1. The van der Waals surface area contributed by atoms with Crippen molar-refractivity contribution in [2.75, 3.05) is 37.0 Å². The standard InChI is InChI=1S/C21H23N3O4/c1-28-13-11-22-21(27)17-8-2-3-9-18(17)23-20(26)15-6-4-7-16(14-15)24-12-5-10-19(24)25/h2-4,6-9,14H,5,10-13H2,1H3,(H,22,27)(H,23,26). The Morgan fingerprint density at radius 1 is 1.11 bits per heavy atom. The number of carbonyl (C=O) groups is 3. The van der Waals surface area contributed by atoms with Gasteiger partial charge in [-0.2, -0.15) is 0 Å². The van der Waals surface area contributed by atoms with Crippen molar-refractivity contribution in [1.29, 1.82) is 0 Å². The Morgan fingerprint density at radius 2 is 1.93 bits per heavy atom. The molecule has 0 atom stereocenters. The van der Waals surface area contributed by atoms with E-state index in [1.54, 1.807) is 54.5 Å². The molecule has 0 aromatic heterocycles. The van der Waals surface area contributed by atoms with Gasteiger partial charge in [-0.3, -0.25) is 14.4 Å². The first-order valence-corrected chi connectivity index (χ1v) is 9.18. The van der Waals surface area contributed by atoms with Crippen LogP contribution in [-0.4, -0.2) is 44.5 Å². The second-order valence-corrected chi connectivity index (χ2v) is 6.45. The third-order valence-electron chi connectivity index (χ3n) is 4.51. The van der Waals surface area contributed by atoms with Gasteiger partial charge in [0.2, 0.25) is 5.91 Å². The number of benzene rings is 2. The molecule has 3 rings (SSSR count). The van der Waals surface area contributed by atoms with E-state index in [-0.39, 0.29) is 17.7 Å². The Bertz CT molecular complexity index is 881. The van der Waals surface area contributed by atoms with Crippen molar-refractivity contribution < 1.29 is 19.1 Å². The highest BCUT2D eigenvalue weighted by Crippen LogP contribution is 2.23. The van der Waals surface area contributed by atoms with Gasteiger partial charge in [-0.05, 0) is 36.8 Å². The van der Waals surface area contributed by atoms with Gasteiger partial charge in [0.15, 0.2) is 0 Å². The predicted octanol–water partition coefficient (Wildman–Crippen LogP) is 2.44. The van der Waals surface area contributed by atoms with Gasteiger partial charge in [0.05, 0.1) is 17.9 Å².